The molecular formula is C16H24N4. The number of rotatable bonds is 6. The van der Waals surface area contributed by atoms with Gasteiger partial charge in [-0.15, -0.1) is 5.10 Å². The molecule has 4 heteroatoms. The van der Waals surface area contributed by atoms with Crippen LogP contribution in [0.5, 0.6) is 0 Å². The van der Waals surface area contributed by atoms with Gasteiger partial charge in [-0.25, -0.2) is 4.68 Å². The maximum atomic E-state index is 5.81. The van der Waals surface area contributed by atoms with Crippen LogP contribution in [0.15, 0.2) is 18.2 Å². The molecule has 0 saturated heterocycles. The van der Waals surface area contributed by atoms with E-state index in [1.807, 2.05) is 4.68 Å². The number of nitrogens with zero attached hydrogens (tertiary/aromatic N) is 3. The molecule has 0 atom stereocenters. The highest BCUT2D eigenvalue weighted by molar-refractivity contribution is 5.63. The van der Waals surface area contributed by atoms with Crippen molar-refractivity contribution in [3.8, 4) is 11.3 Å². The maximum Gasteiger partial charge on any atom is 0.104 e. The molecule has 1 aromatic carbocycles. The summed E-state index contributed by atoms with van der Waals surface area (Å²) in [6.07, 6.45) is 3.54. The van der Waals surface area contributed by atoms with Gasteiger partial charge in [-0.2, -0.15) is 0 Å². The average molecular weight is 272 g/mol. The Bertz CT molecular complexity index is 572. The molecule has 0 aliphatic rings. The van der Waals surface area contributed by atoms with E-state index in [2.05, 4.69) is 49.3 Å². The topological polar surface area (TPSA) is 56.7 Å². The van der Waals surface area contributed by atoms with Crippen LogP contribution in [0.2, 0.25) is 0 Å². The molecule has 0 unspecified atom stereocenters. The van der Waals surface area contributed by atoms with Gasteiger partial charge in [0.25, 0.3) is 0 Å². The first kappa shape index (κ1) is 14.7. The Morgan fingerprint density at radius 3 is 2.60 bits per heavy atom. The van der Waals surface area contributed by atoms with Gasteiger partial charge in [0.05, 0.1) is 5.69 Å². The lowest BCUT2D eigenvalue weighted by Crippen LogP contribution is -2.05. The molecule has 2 aromatic rings. The second kappa shape index (κ2) is 6.66. The van der Waals surface area contributed by atoms with Crippen LogP contribution in [0.4, 0.5) is 0 Å². The highest BCUT2D eigenvalue weighted by Crippen LogP contribution is 2.25. The fourth-order valence-corrected chi connectivity index (χ4v) is 2.36. The summed E-state index contributed by atoms with van der Waals surface area (Å²) in [4.78, 5) is 0. The first-order chi connectivity index (χ1) is 9.67. The molecule has 2 rings (SSSR count). The van der Waals surface area contributed by atoms with Crippen molar-refractivity contribution < 1.29 is 0 Å². The molecule has 0 aliphatic heterocycles. The number of nitrogens with two attached hydrogens (primary N) is 1. The summed E-state index contributed by atoms with van der Waals surface area (Å²) in [5, 5.41) is 8.50. The van der Waals surface area contributed by atoms with Crippen LogP contribution in [0.1, 0.15) is 43.0 Å². The predicted octanol–water partition coefficient (Wildman–Crippen LogP) is 3.21. The number of aryl methyl sites for hydroxylation is 3. The van der Waals surface area contributed by atoms with Gasteiger partial charge in [-0.1, -0.05) is 37.1 Å². The third-order valence-electron chi connectivity index (χ3n) is 3.75. The third kappa shape index (κ3) is 3.07. The number of aromatic nitrogens is 3. The fraction of sp³-hybridized carbons (Fsp3) is 0.500. The molecule has 1 heterocycles. The molecule has 0 amide bonds. The molecule has 0 spiro atoms. The smallest absolute Gasteiger partial charge is 0.104 e. The first-order valence-corrected chi connectivity index (χ1v) is 7.37. The van der Waals surface area contributed by atoms with Gasteiger partial charge in [-0.05, 0) is 37.5 Å². The van der Waals surface area contributed by atoms with Crippen molar-refractivity contribution in [2.24, 2.45) is 5.73 Å². The molecule has 20 heavy (non-hydrogen) atoms. The average Bonchev–Trinajstić information content (AvgIpc) is 2.85. The van der Waals surface area contributed by atoms with Gasteiger partial charge in [0, 0.05) is 18.7 Å². The van der Waals surface area contributed by atoms with E-state index in [4.69, 9.17) is 5.73 Å². The fourth-order valence-electron chi connectivity index (χ4n) is 2.36. The standard InChI is InChI=1S/C16H24N4/c1-4-5-6-9-20-16(15(11-17)18-19-20)14-8-7-12(2)13(3)10-14/h7-8,10H,4-6,9,11,17H2,1-3H3. The lowest BCUT2D eigenvalue weighted by Gasteiger charge is -2.09. The van der Waals surface area contributed by atoms with Crippen LogP contribution in [-0.4, -0.2) is 15.0 Å². The molecule has 108 valence electrons. The highest BCUT2D eigenvalue weighted by atomic mass is 15.4. The molecule has 2 N–H and O–H groups in total. The molecule has 1 aromatic heterocycles. The Morgan fingerprint density at radius 2 is 1.95 bits per heavy atom. The van der Waals surface area contributed by atoms with Crippen LogP contribution >= 0.6 is 0 Å². The van der Waals surface area contributed by atoms with Crippen molar-refractivity contribution in [1.29, 1.82) is 0 Å². The summed E-state index contributed by atoms with van der Waals surface area (Å²) in [5.74, 6) is 0. The Kier molecular flexibility index (Phi) is 4.90. The van der Waals surface area contributed by atoms with Crippen molar-refractivity contribution in [1.82, 2.24) is 15.0 Å². The second-order valence-corrected chi connectivity index (χ2v) is 5.32. The zero-order chi connectivity index (χ0) is 14.5. The normalized spacial score (nSPS) is 11.0. The Balaban J connectivity index is 2.36. The van der Waals surface area contributed by atoms with Gasteiger partial charge in [0.2, 0.25) is 0 Å². The molecular weight excluding hydrogens is 248 g/mol. The van der Waals surface area contributed by atoms with E-state index in [-0.39, 0.29) is 0 Å². The summed E-state index contributed by atoms with van der Waals surface area (Å²) < 4.78 is 2.00. The van der Waals surface area contributed by atoms with Crippen LogP contribution < -0.4 is 5.73 Å². The summed E-state index contributed by atoms with van der Waals surface area (Å²) >= 11 is 0. The van der Waals surface area contributed by atoms with Crippen LogP contribution in [0.3, 0.4) is 0 Å². The van der Waals surface area contributed by atoms with Gasteiger partial charge >= 0.3 is 0 Å². The number of hydrogen-bond donors (Lipinski definition) is 1. The summed E-state index contributed by atoms with van der Waals surface area (Å²) in [6.45, 7) is 7.79. The van der Waals surface area contributed by atoms with E-state index in [9.17, 15) is 0 Å². The van der Waals surface area contributed by atoms with Crippen molar-refractivity contribution >= 4 is 0 Å². The van der Waals surface area contributed by atoms with Crippen molar-refractivity contribution in [2.45, 2.75) is 53.1 Å². The molecule has 0 bridgehead atoms. The summed E-state index contributed by atoms with van der Waals surface area (Å²) in [6, 6.07) is 6.48. The number of unbranched alkanes of at least 4 members (excludes halogenated alkanes) is 2. The van der Waals surface area contributed by atoms with E-state index < -0.39 is 0 Å². The largest absolute Gasteiger partial charge is 0.325 e. The maximum absolute atomic E-state index is 5.81. The van der Waals surface area contributed by atoms with Crippen molar-refractivity contribution in [3.63, 3.8) is 0 Å². The minimum absolute atomic E-state index is 0.427. The van der Waals surface area contributed by atoms with Crippen LogP contribution in [0, 0.1) is 13.8 Å². The highest BCUT2D eigenvalue weighted by Gasteiger charge is 2.14. The molecule has 4 nitrogen and oxygen atoms in total. The molecule has 0 fully saturated rings. The van der Waals surface area contributed by atoms with Gasteiger partial charge in [-0.3, -0.25) is 0 Å². The van der Waals surface area contributed by atoms with Gasteiger partial charge in [0.15, 0.2) is 0 Å². The third-order valence-corrected chi connectivity index (χ3v) is 3.75. The molecule has 0 radical (unpaired) electrons. The Morgan fingerprint density at radius 1 is 1.15 bits per heavy atom. The first-order valence-electron chi connectivity index (χ1n) is 7.37. The van der Waals surface area contributed by atoms with Gasteiger partial charge < -0.3 is 5.73 Å². The van der Waals surface area contributed by atoms with Gasteiger partial charge in [0.1, 0.15) is 5.69 Å². The lowest BCUT2D eigenvalue weighted by atomic mass is 10.0. The van der Waals surface area contributed by atoms with E-state index in [0.717, 1.165) is 29.9 Å². The van der Waals surface area contributed by atoms with E-state index in [1.54, 1.807) is 0 Å². The summed E-state index contributed by atoms with van der Waals surface area (Å²) in [5.41, 5.74) is 11.5. The lowest BCUT2D eigenvalue weighted by molar-refractivity contribution is 0.541. The van der Waals surface area contributed by atoms with E-state index >= 15 is 0 Å². The number of hydrogen-bond acceptors (Lipinski definition) is 3. The van der Waals surface area contributed by atoms with Crippen molar-refractivity contribution in [3.05, 3.63) is 35.0 Å². The second-order valence-electron chi connectivity index (χ2n) is 5.32. The minimum Gasteiger partial charge on any atom is -0.325 e. The van der Waals surface area contributed by atoms with E-state index in [1.165, 1.54) is 24.0 Å². The van der Waals surface area contributed by atoms with Crippen molar-refractivity contribution in [2.75, 3.05) is 0 Å². The van der Waals surface area contributed by atoms with Crippen LogP contribution in [-0.2, 0) is 13.1 Å². The Labute approximate surface area is 121 Å². The monoisotopic (exact) mass is 272 g/mol. The molecule has 0 aliphatic carbocycles. The Hall–Kier alpha value is -1.68. The molecule has 0 saturated carbocycles. The quantitative estimate of drug-likeness (QED) is 0.821. The zero-order valence-electron chi connectivity index (χ0n) is 12.7. The summed E-state index contributed by atoms with van der Waals surface area (Å²) in [7, 11) is 0. The number of benzene rings is 1. The van der Waals surface area contributed by atoms with Crippen LogP contribution in [0.25, 0.3) is 11.3 Å². The van der Waals surface area contributed by atoms with E-state index in [0.29, 0.717) is 6.54 Å². The zero-order valence-corrected chi connectivity index (χ0v) is 12.7. The SMILES string of the molecule is CCCCCn1nnc(CN)c1-c1ccc(C)c(C)c1. The predicted molar refractivity (Wildman–Crippen MR) is 82.3 cm³/mol. The minimum atomic E-state index is 0.427.